The van der Waals surface area contributed by atoms with Crippen LogP contribution < -0.4 is 15.4 Å². The Balaban J connectivity index is 1.99. The summed E-state index contributed by atoms with van der Waals surface area (Å²) in [5, 5.41) is 6.00. The zero-order chi connectivity index (χ0) is 15.2. The molecule has 0 bridgehead atoms. The van der Waals surface area contributed by atoms with Crippen molar-refractivity contribution in [3.05, 3.63) is 53.6 Å². The van der Waals surface area contributed by atoms with E-state index in [2.05, 4.69) is 10.6 Å². The van der Waals surface area contributed by atoms with Gasteiger partial charge in [-0.05, 0) is 43.2 Å². The van der Waals surface area contributed by atoms with Crippen molar-refractivity contribution in [2.75, 3.05) is 24.3 Å². The normalized spacial score (nSPS) is 10.0. The monoisotopic (exact) mass is 284 g/mol. The third-order valence-corrected chi connectivity index (χ3v) is 3.21. The van der Waals surface area contributed by atoms with Crippen LogP contribution in [0.3, 0.4) is 0 Å². The number of aryl methyl sites for hydroxylation is 2. The highest BCUT2D eigenvalue weighted by molar-refractivity contribution is 5.95. The van der Waals surface area contributed by atoms with Crippen molar-refractivity contribution in [1.29, 1.82) is 0 Å². The van der Waals surface area contributed by atoms with E-state index in [0.717, 1.165) is 16.8 Å². The van der Waals surface area contributed by atoms with Gasteiger partial charge < -0.3 is 15.4 Å². The zero-order valence-corrected chi connectivity index (χ0v) is 12.6. The molecule has 4 nitrogen and oxygen atoms in total. The lowest BCUT2D eigenvalue weighted by Gasteiger charge is -2.12. The molecule has 0 saturated carbocycles. The maximum atomic E-state index is 12.0. The highest BCUT2D eigenvalue weighted by Gasteiger charge is 2.08. The van der Waals surface area contributed by atoms with Crippen LogP contribution in [0.15, 0.2) is 42.5 Å². The van der Waals surface area contributed by atoms with Gasteiger partial charge in [-0.1, -0.05) is 24.3 Å². The van der Waals surface area contributed by atoms with Gasteiger partial charge in [-0.3, -0.25) is 4.79 Å². The average Bonchev–Trinajstić information content (AvgIpc) is 2.47. The average molecular weight is 284 g/mol. The van der Waals surface area contributed by atoms with Crippen LogP contribution in [0.4, 0.5) is 11.4 Å². The van der Waals surface area contributed by atoms with E-state index in [4.69, 9.17) is 4.74 Å². The number of hydrogen-bond acceptors (Lipinski definition) is 3. The fourth-order valence-corrected chi connectivity index (χ4v) is 2.06. The standard InChI is InChI=1S/C17H20N2O2/c1-12-8-9-16(21-3)15(10-12)19-17(20)11-18-14-7-5-4-6-13(14)2/h4-10,18H,11H2,1-3H3,(H,19,20). The summed E-state index contributed by atoms with van der Waals surface area (Å²) in [4.78, 5) is 12.0. The molecule has 0 atom stereocenters. The first-order valence-electron chi connectivity index (χ1n) is 6.84. The smallest absolute Gasteiger partial charge is 0.243 e. The molecule has 110 valence electrons. The molecule has 0 aliphatic heterocycles. The largest absolute Gasteiger partial charge is 0.495 e. The van der Waals surface area contributed by atoms with Crippen LogP contribution in [0.2, 0.25) is 0 Å². The molecule has 0 spiro atoms. The van der Waals surface area contributed by atoms with E-state index < -0.39 is 0 Å². The van der Waals surface area contributed by atoms with Gasteiger partial charge in [-0.2, -0.15) is 0 Å². The zero-order valence-electron chi connectivity index (χ0n) is 12.6. The predicted octanol–water partition coefficient (Wildman–Crippen LogP) is 3.36. The molecule has 0 aliphatic rings. The van der Waals surface area contributed by atoms with Gasteiger partial charge in [0, 0.05) is 5.69 Å². The summed E-state index contributed by atoms with van der Waals surface area (Å²) < 4.78 is 5.25. The summed E-state index contributed by atoms with van der Waals surface area (Å²) in [5.41, 5.74) is 3.83. The van der Waals surface area contributed by atoms with Gasteiger partial charge in [0.1, 0.15) is 5.75 Å². The van der Waals surface area contributed by atoms with Crippen LogP contribution in [0, 0.1) is 13.8 Å². The Labute approximate surface area is 125 Å². The number of carbonyl (C=O) groups excluding carboxylic acids is 1. The van der Waals surface area contributed by atoms with E-state index in [1.165, 1.54) is 0 Å². The molecule has 0 aliphatic carbocycles. The molecule has 21 heavy (non-hydrogen) atoms. The minimum absolute atomic E-state index is 0.109. The Morgan fingerprint density at radius 2 is 1.86 bits per heavy atom. The number of ether oxygens (including phenoxy) is 1. The van der Waals surface area contributed by atoms with E-state index in [9.17, 15) is 4.79 Å². The number of carbonyl (C=O) groups is 1. The number of hydrogen-bond donors (Lipinski definition) is 2. The van der Waals surface area contributed by atoms with Crippen LogP contribution in [0.5, 0.6) is 5.75 Å². The highest BCUT2D eigenvalue weighted by atomic mass is 16.5. The second-order valence-corrected chi connectivity index (χ2v) is 4.92. The fourth-order valence-electron chi connectivity index (χ4n) is 2.06. The van der Waals surface area contributed by atoms with E-state index >= 15 is 0 Å². The lowest BCUT2D eigenvalue weighted by molar-refractivity contribution is -0.114. The van der Waals surface area contributed by atoms with Crippen molar-refractivity contribution in [3.63, 3.8) is 0 Å². The molecular formula is C17H20N2O2. The molecule has 2 aromatic rings. The molecule has 0 fully saturated rings. The number of benzene rings is 2. The van der Waals surface area contributed by atoms with Gasteiger partial charge in [0.05, 0.1) is 19.3 Å². The quantitative estimate of drug-likeness (QED) is 0.885. The Bertz CT molecular complexity index is 638. The van der Waals surface area contributed by atoms with Crippen molar-refractivity contribution < 1.29 is 9.53 Å². The van der Waals surface area contributed by atoms with Crippen LogP contribution in [-0.2, 0) is 4.79 Å². The minimum atomic E-state index is -0.109. The van der Waals surface area contributed by atoms with Crippen LogP contribution in [-0.4, -0.2) is 19.6 Å². The number of rotatable bonds is 5. The first-order valence-corrected chi connectivity index (χ1v) is 6.84. The molecule has 2 N–H and O–H groups in total. The summed E-state index contributed by atoms with van der Waals surface area (Å²) in [7, 11) is 1.59. The van der Waals surface area contributed by atoms with Crippen molar-refractivity contribution in [2.24, 2.45) is 0 Å². The van der Waals surface area contributed by atoms with Gasteiger partial charge in [-0.15, -0.1) is 0 Å². The lowest BCUT2D eigenvalue weighted by Crippen LogP contribution is -2.22. The first-order chi connectivity index (χ1) is 10.1. The third-order valence-electron chi connectivity index (χ3n) is 3.21. The molecule has 0 unspecified atom stereocenters. The maximum Gasteiger partial charge on any atom is 0.243 e. The molecular weight excluding hydrogens is 264 g/mol. The summed E-state index contributed by atoms with van der Waals surface area (Å²) >= 11 is 0. The molecule has 2 aromatic carbocycles. The maximum absolute atomic E-state index is 12.0. The molecule has 0 radical (unpaired) electrons. The Kier molecular flexibility index (Phi) is 4.82. The highest BCUT2D eigenvalue weighted by Crippen LogP contribution is 2.25. The predicted molar refractivity (Wildman–Crippen MR) is 86.0 cm³/mol. The second kappa shape index (κ2) is 6.79. The molecule has 2 rings (SSSR count). The van der Waals surface area contributed by atoms with E-state index in [-0.39, 0.29) is 12.5 Å². The molecule has 0 saturated heterocycles. The van der Waals surface area contributed by atoms with Crippen molar-refractivity contribution >= 4 is 17.3 Å². The van der Waals surface area contributed by atoms with Gasteiger partial charge in [0.25, 0.3) is 0 Å². The summed E-state index contributed by atoms with van der Waals surface area (Å²) in [6.07, 6.45) is 0. The van der Waals surface area contributed by atoms with Gasteiger partial charge in [-0.25, -0.2) is 0 Å². The van der Waals surface area contributed by atoms with E-state index in [1.807, 2.05) is 56.3 Å². The molecule has 0 aromatic heterocycles. The molecule has 1 amide bonds. The first kappa shape index (κ1) is 14.9. The summed E-state index contributed by atoms with van der Waals surface area (Å²) in [6.45, 7) is 4.19. The Morgan fingerprint density at radius 3 is 2.57 bits per heavy atom. The summed E-state index contributed by atoms with van der Waals surface area (Å²) in [6, 6.07) is 13.6. The Morgan fingerprint density at radius 1 is 1.10 bits per heavy atom. The van der Waals surface area contributed by atoms with Gasteiger partial charge >= 0.3 is 0 Å². The number of anilines is 2. The topological polar surface area (TPSA) is 50.4 Å². The van der Waals surface area contributed by atoms with Crippen molar-refractivity contribution in [2.45, 2.75) is 13.8 Å². The SMILES string of the molecule is COc1ccc(C)cc1NC(=O)CNc1ccccc1C. The molecule has 4 heteroatoms. The van der Waals surface area contributed by atoms with Crippen LogP contribution in [0.25, 0.3) is 0 Å². The van der Waals surface area contributed by atoms with Crippen LogP contribution >= 0.6 is 0 Å². The number of para-hydroxylation sites is 1. The summed E-state index contributed by atoms with van der Waals surface area (Å²) in [5.74, 6) is 0.548. The number of nitrogens with one attached hydrogen (secondary N) is 2. The van der Waals surface area contributed by atoms with Crippen molar-refractivity contribution in [1.82, 2.24) is 0 Å². The number of methoxy groups -OCH3 is 1. The third kappa shape index (κ3) is 3.99. The molecule has 0 heterocycles. The van der Waals surface area contributed by atoms with Gasteiger partial charge in [0.2, 0.25) is 5.91 Å². The number of amides is 1. The van der Waals surface area contributed by atoms with Crippen LogP contribution in [0.1, 0.15) is 11.1 Å². The second-order valence-electron chi connectivity index (χ2n) is 4.92. The Hall–Kier alpha value is -2.49. The van der Waals surface area contributed by atoms with Gasteiger partial charge in [0.15, 0.2) is 0 Å². The van der Waals surface area contributed by atoms with E-state index in [1.54, 1.807) is 7.11 Å². The van der Waals surface area contributed by atoms with Crippen molar-refractivity contribution in [3.8, 4) is 5.75 Å². The minimum Gasteiger partial charge on any atom is -0.495 e. The van der Waals surface area contributed by atoms with E-state index in [0.29, 0.717) is 11.4 Å². The fraction of sp³-hybridized carbons (Fsp3) is 0.235. The lowest BCUT2D eigenvalue weighted by atomic mass is 10.2.